The van der Waals surface area contributed by atoms with Gasteiger partial charge in [-0.3, -0.25) is 0 Å². The van der Waals surface area contributed by atoms with Gasteiger partial charge in [-0.15, -0.1) is 0 Å². The first kappa shape index (κ1) is 12.4. The maximum absolute atomic E-state index is 13.4. The molecule has 1 aliphatic rings. The van der Waals surface area contributed by atoms with Crippen molar-refractivity contribution in [3.8, 4) is 0 Å². The first-order chi connectivity index (χ1) is 7.98. The van der Waals surface area contributed by atoms with E-state index in [1.807, 2.05) is 13.0 Å². The van der Waals surface area contributed by atoms with Crippen LogP contribution in [0.3, 0.4) is 0 Å². The quantitative estimate of drug-likeness (QED) is 0.795. The second-order valence-corrected chi connectivity index (χ2v) is 6.01. The maximum atomic E-state index is 13.4. The lowest BCUT2D eigenvalue weighted by atomic mass is 9.75. The van der Waals surface area contributed by atoms with Crippen molar-refractivity contribution in [2.45, 2.75) is 52.5 Å². The number of hydrogen-bond acceptors (Lipinski definition) is 1. The van der Waals surface area contributed by atoms with Gasteiger partial charge in [0.2, 0.25) is 0 Å². The van der Waals surface area contributed by atoms with Gasteiger partial charge in [0, 0.05) is 17.3 Å². The highest BCUT2D eigenvalue weighted by molar-refractivity contribution is 5.51. The summed E-state index contributed by atoms with van der Waals surface area (Å²) in [5, 5.41) is 3.51. The van der Waals surface area contributed by atoms with E-state index in [0.717, 1.165) is 11.3 Å². The zero-order chi connectivity index (χ0) is 12.5. The number of nitrogens with one attached hydrogen (secondary N) is 1. The third-order valence-corrected chi connectivity index (χ3v) is 3.83. The molecule has 1 unspecified atom stereocenters. The standard InChI is InChI=1S/C15H22FN/c1-11-13(16)7-4-8-14(11)17-12-6-5-9-15(2,3)10-12/h4,7-8,12,17H,5-6,9-10H2,1-3H3. The molecule has 2 heteroatoms. The van der Waals surface area contributed by atoms with Gasteiger partial charge in [0.1, 0.15) is 5.82 Å². The minimum absolute atomic E-state index is 0.120. The van der Waals surface area contributed by atoms with E-state index in [2.05, 4.69) is 19.2 Å². The number of halogens is 1. The molecule has 1 saturated carbocycles. The van der Waals surface area contributed by atoms with Crippen LogP contribution in [-0.2, 0) is 0 Å². The summed E-state index contributed by atoms with van der Waals surface area (Å²) < 4.78 is 13.4. The van der Waals surface area contributed by atoms with Crippen molar-refractivity contribution in [1.29, 1.82) is 0 Å². The first-order valence-corrected chi connectivity index (χ1v) is 6.50. The summed E-state index contributed by atoms with van der Waals surface area (Å²) in [6.45, 7) is 6.48. The van der Waals surface area contributed by atoms with Gasteiger partial charge in [0.15, 0.2) is 0 Å². The van der Waals surface area contributed by atoms with Crippen LogP contribution < -0.4 is 5.32 Å². The van der Waals surface area contributed by atoms with E-state index in [1.165, 1.54) is 31.7 Å². The van der Waals surface area contributed by atoms with E-state index in [0.29, 0.717) is 11.5 Å². The van der Waals surface area contributed by atoms with Gasteiger partial charge in [-0.05, 0) is 43.7 Å². The zero-order valence-corrected chi connectivity index (χ0v) is 11.0. The molecule has 1 atom stereocenters. The Bertz CT molecular complexity index is 398. The SMILES string of the molecule is Cc1c(F)cccc1NC1CCCC(C)(C)C1. The molecule has 0 spiro atoms. The molecule has 17 heavy (non-hydrogen) atoms. The van der Waals surface area contributed by atoms with Crippen molar-refractivity contribution in [3.63, 3.8) is 0 Å². The van der Waals surface area contributed by atoms with Crippen LogP contribution in [0.2, 0.25) is 0 Å². The third-order valence-electron chi connectivity index (χ3n) is 3.83. The summed E-state index contributed by atoms with van der Waals surface area (Å²) in [5.74, 6) is -0.120. The van der Waals surface area contributed by atoms with Crippen molar-refractivity contribution in [2.24, 2.45) is 5.41 Å². The molecular weight excluding hydrogens is 213 g/mol. The molecule has 0 bridgehead atoms. The second-order valence-electron chi connectivity index (χ2n) is 6.01. The monoisotopic (exact) mass is 235 g/mol. The fourth-order valence-electron chi connectivity index (χ4n) is 2.81. The minimum atomic E-state index is -0.120. The fraction of sp³-hybridized carbons (Fsp3) is 0.600. The highest BCUT2D eigenvalue weighted by Gasteiger charge is 2.28. The molecule has 0 radical (unpaired) electrons. The summed E-state index contributed by atoms with van der Waals surface area (Å²) in [6, 6.07) is 5.75. The van der Waals surface area contributed by atoms with Gasteiger partial charge >= 0.3 is 0 Å². The van der Waals surface area contributed by atoms with Crippen LogP contribution in [0.5, 0.6) is 0 Å². The Hall–Kier alpha value is -1.05. The Balaban J connectivity index is 2.08. The second kappa shape index (κ2) is 4.67. The molecule has 1 aromatic rings. The molecule has 1 aromatic carbocycles. The molecule has 0 aliphatic heterocycles. The Morgan fingerprint density at radius 2 is 2.12 bits per heavy atom. The van der Waals surface area contributed by atoms with Crippen LogP contribution in [-0.4, -0.2) is 6.04 Å². The van der Waals surface area contributed by atoms with E-state index in [9.17, 15) is 4.39 Å². The van der Waals surface area contributed by atoms with E-state index in [1.54, 1.807) is 6.07 Å². The fourth-order valence-corrected chi connectivity index (χ4v) is 2.81. The molecule has 94 valence electrons. The lowest BCUT2D eigenvalue weighted by Crippen LogP contribution is -2.32. The molecule has 0 saturated heterocycles. The molecule has 1 aliphatic carbocycles. The minimum Gasteiger partial charge on any atom is -0.382 e. The Labute approximate surface area is 103 Å². The third kappa shape index (κ3) is 2.99. The number of rotatable bonds is 2. The Morgan fingerprint density at radius 3 is 2.82 bits per heavy atom. The number of hydrogen-bond donors (Lipinski definition) is 1. The number of benzene rings is 1. The van der Waals surface area contributed by atoms with Crippen LogP contribution in [0, 0.1) is 18.2 Å². The summed E-state index contributed by atoms with van der Waals surface area (Å²) in [7, 11) is 0. The first-order valence-electron chi connectivity index (χ1n) is 6.50. The number of anilines is 1. The van der Waals surface area contributed by atoms with E-state index < -0.39 is 0 Å². The smallest absolute Gasteiger partial charge is 0.128 e. The molecule has 1 N–H and O–H groups in total. The van der Waals surface area contributed by atoms with Crippen LogP contribution in [0.4, 0.5) is 10.1 Å². The summed E-state index contributed by atoms with van der Waals surface area (Å²) in [5.41, 5.74) is 2.10. The molecule has 0 heterocycles. The van der Waals surface area contributed by atoms with Gasteiger partial charge in [0.25, 0.3) is 0 Å². The van der Waals surface area contributed by atoms with Crippen molar-refractivity contribution >= 4 is 5.69 Å². The van der Waals surface area contributed by atoms with Gasteiger partial charge in [0.05, 0.1) is 0 Å². The van der Waals surface area contributed by atoms with E-state index in [4.69, 9.17) is 0 Å². The highest BCUT2D eigenvalue weighted by Crippen LogP contribution is 2.36. The van der Waals surface area contributed by atoms with Crippen LogP contribution in [0.15, 0.2) is 18.2 Å². The molecule has 1 fully saturated rings. The Kier molecular flexibility index (Phi) is 3.41. The average molecular weight is 235 g/mol. The zero-order valence-electron chi connectivity index (χ0n) is 11.0. The van der Waals surface area contributed by atoms with Crippen molar-refractivity contribution in [1.82, 2.24) is 0 Å². The van der Waals surface area contributed by atoms with E-state index >= 15 is 0 Å². The summed E-state index contributed by atoms with van der Waals surface area (Å²) in [6.07, 6.45) is 4.93. The van der Waals surface area contributed by atoms with Crippen LogP contribution in [0.1, 0.15) is 45.1 Å². The van der Waals surface area contributed by atoms with Gasteiger partial charge in [-0.2, -0.15) is 0 Å². The predicted octanol–water partition coefficient (Wildman–Crippen LogP) is 4.51. The maximum Gasteiger partial charge on any atom is 0.128 e. The van der Waals surface area contributed by atoms with E-state index in [-0.39, 0.29) is 5.82 Å². The van der Waals surface area contributed by atoms with Crippen molar-refractivity contribution in [2.75, 3.05) is 5.32 Å². The van der Waals surface area contributed by atoms with Gasteiger partial charge in [-0.25, -0.2) is 4.39 Å². The van der Waals surface area contributed by atoms with Crippen LogP contribution >= 0.6 is 0 Å². The Morgan fingerprint density at radius 1 is 1.35 bits per heavy atom. The summed E-state index contributed by atoms with van der Waals surface area (Å²) in [4.78, 5) is 0. The molecular formula is C15H22FN. The lowest BCUT2D eigenvalue weighted by molar-refractivity contribution is 0.229. The summed E-state index contributed by atoms with van der Waals surface area (Å²) >= 11 is 0. The van der Waals surface area contributed by atoms with Gasteiger partial charge < -0.3 is 5.32 Å². The largest absolute Gasteiger partial charge is 0.382 e. The van der Waals surface area contributed by atoms with Gasteiger partial charge in [-0.1, -0.05) is 26.3 Å². The molecule has 2 rings (SSSR count). The average Bonchev–Trinajstić information content (AvgIpc) is 2.23. The topological polar surface area (TPSA) is 12.0 Å². The molecule has 0 aromatic heterocycles. The van der Waals surface area contributed by atoms with Crippen molar-refractivity contribution < 1.29 is 4.39 Å². The normalized spacial score (nSPS) is 23.4. The lowest BCUT2D eigenvalue weighted by Gasteiger charge is -2.36. The molecule has 0 amide bonds. The molecule has 1 nitrogen and oxygen atoms in total. The predicted molar refractivity (Wildman–Crippen MR) is 70.8 cm³/mol. The van der Waals surface area contributed by atoms with Crippen molar-refractivity contribution in [3.05, 3.63) is 29.6 Å². The van der Waals surface area contributed by atoms with Crippen LogP contribution in [0.25, 0.3) is 0 Å². The highest BCUT2D eigenvalue weighted by atomic mass is 19.1.